The van der Waals surface area contributed by atoms with E-state index in [0.717, 1.165) is 24.0 Å². The minimum Gasteiger partial charge on any atom is -0.330 e. The maximum atomic E-state index is 11.9. The van der Waals surface area contributed by atoms with Gasteiger partial charge in [0, 0.05) is 17.2 Å². The molecular formula is C13H19BrN4O. The molecule has 1 aliphatic heterocycles. The van der Waals surface area contributed by atoms with Crippen molar-refractivity contribution in [1.29, 1.82) is 0 Å². The minimum atomic E-state index is -0.0314. The number of rotatable bonds is 4. The molecule has 1 atom stereocenters. The van der Waals surface area contributed by atoms with Crippen molar-refractivity contribution in [2.75, 3.05) is 31.5 Å². The molecule has 0 saturated carbocycles. The zero-order chi connectivity index (χ0) is 13.9. The van der Waals surface area contributed by atoms with Crippen molar-refractivity contribution in [2.24, 2.45) is 11.1 Å². The number of likely N-dealkylation sites (tertiary alicyclic amines) is 1. The van der Waals surface area contributed by atoms with E-state index in [9.17, 15) is 4.79 Å². The standard InChI is InChI=1S/C13H19BrN4O/c1-13(8-15)4-5-18(9-13)7-12(19)17-11-3-2-10(14)6-16-11/h2-3,6H,4-5,7-9,15H2,1H3,(H,16,17,19). The van der Waals surface area contributed by atoms with Gasteiger partial charge >= 0.3 is 0 Å². The second-order valence-electron chi connectivity index (χ2n) is 5.39. The average molecular weight is 327 g/mol. The summed E-state index contributed by atoms with van der Waals surface area (Å²) >= 11 is 3.31. The Morgan fingerprint density at radius 2 is 2.42 bits per heavy atom. The van der Waals surface area contributed by atoms with E-state index < -0.39 is 0 Å². The Balaban J connectivity index is 1.84. The molecule has 5 nitrogen and oxygen atoms in total. The number of hydrogen-bond acceptors (Lipinski definition) is 4. The van der Waals surface area contributed by atoms with Crippen molar-refractivity contribution in [3.8, 4) is 0 Å². The molecule has 2 rings (SSSR count). The summed E-state index contributed by atoms with van der Waals surface area (Å²) in [6.45, 7) is 5.04. The van der Waals surface area contributed by atoms with Crippen molar-refractivity contribution in [2.45, 2.75) is 13.3 Å². The summed E-state index contributed by atoms with van der Waals surface area (Å²) in [5.41, 5.74) is 5.91. The van der Waals surface area contributed by atoms with E-state index in [-0.39, 0.29) is 11.3 Å². The third-order valence-electron chi connectivity index (χ3n) is 3.49. The van der Waals surface area contributed by atoms with Crippen molar-refractivity contribution in [3.05, 3.63) is 22.8 Å². The molecule has 104 valence electrons. The highest BCUT2D eigenvalue weighted by atomic mass is 79.9. The zero-order valence-corrected chi connectivity index (χ0v) is 12.6. The Kier molecular flexibility index (Phi) is 4.54. The Labute approximate surface area is 121 Å². The number of carbonyl (C=O) groups excluding carboxylic acids is 1. The van der Waals surface area contributed by atoms with E-state index in [1.165, 1.54) is 0 Å². The zero-order valence-electron chi connectivity index (χ0n) is 11.0. The number of carbonyl (C=O) groups is 1. The molecule has 19 heavy (non-hydrogen) atoms. The highest BCUT2D eigenvalue weighted by Crippen LogP contribution is 2.28. The van der Waals surface area contributed by atoms with Crippen LogP contribution in [0.2, 0.25) is 0 Å². The first-order valence-corrected chi connectivity index (χ1v) is 7.14. The number of nitrogens with zero attached hydrogens (tertiary/aromatic N) is 2. The van der Waals surface area contributed by atoms with Crippen LogP contribution in [0.15, 0.2) is 22.8 Å². The molecule has 1 saturated heterocycles. The third-order valence-corrected chi connectivity index (χ3v) is 3.96. The second kappa shape index (κ2) is 5.98. The molecule has 0 bridgehead atoms. The lowest BCUT2D eigenvalue weighted by atomic mass is 9.90. The summed E-state index contributed by atoms with van der Waals surface area (Å²) in [6.07, 6.45) is 2.71. The van der Waals surface area contributed by atoms with Crippen LogP contribution in [0.5, 0.6) is 0 Å². The molecule has 3 N–H and O–H groups in total. The monoisotopic (exact) mass is 326 g/mol. The molecular weight excluding hydrogens is 308 g/mol. The van der Waals surface area contributed by atoms with E-state index in [2.05, 4.69) is 38.1 Å². The van der Waals surface area contributed by atoms with Gasteiger partial charge in [-0.3, -0.25) is 9.69 Å². The quantitative estimate of drug-likeness (QED) is 0.878. The first-order valence-electron chi connectivity index (χ1n) is 6.35. The highest BCUT2D eigenvalue weighted by molar-refractivity contribution is 9.10. The number of amides is 1. The Hall–Kier alpha value is -0.980. The molecule has 1 aromatic rings. The molecule has 1 fully saturated rings. The number of nitrogens with two attached hydrogens (primary N) is 1. The summed E-state index contributed by atoms with van der Waals surface area (Å²) in [7, 11) is 0. The Morgan fingerprint density at radius 3 is 3.00 bits per heavy atom. The van der Waals surface area contributed by atoms with Gasteiger partial charge in [0.2, 0.25) is 5.91 Å². The van der Waals surface area contributed by atoms with Crippen LogP contribution < -0.4 is 11.1 Å². The number of anilines is 1. The summed E-state index contributed by atoms with van der Waals surface area (Å²) in [6, 6.07) is 3.62. The lowest BCUT2D eigenvalue weighted by Crippen LogP contribution is -2.35. The number of pyridine rings is 1. The first-order chi connectivity index (χ1) is 9.00. The molecule has 6 heteroatoms. The van der Waals surface area contributed by atoms with Crippen LogP contribution in [0.4, 0.5) is 5.82 Å². The summed E-state index contributed by atoms with van der Waals surface area (Å²) in [4.78, 5) is 18.2. The van der Waals surface area contributed by atoms with Crippen LogP contribution >= 0.6 is 15.9 Å². The van der Waals surface area contributed by atoms with Gasteiger partial charge in [-0.25, -0.2) is 4.98 Å². The largest absolute Gasteiger partial charge is 0.330 e. The van der Waals surface area contributed by atoms with Gasteiger partial charge in [0.1, 0.15) is 5.82 Å². The van der Waals surface area contributed by atoms with Crippen LogP contribution in [0, 0.1) is 5.41 Å². The van der Waals surface area contributed by atoms with Gasteiger partial charge < -0.3 is 11.1 Å². The van der Waals surface area contributed by atoms with E-state index in [1.54, 1.807) is 12.3 Å². The fourth-order valence-electron chi connectivity index (χ4n) is 2.26. The minimum absolute atomic E-state index is 0.0314. The molecule has 0 radical (unpaired) electrons. The molecule has 0 spiro atoms. The smallest absolute Gasteiger partial charge is 0.239 e. The van der Waals surface area contributed by atoms with Crippen LogP contribution in [-0.2, 0) is 4.79 Å². The fourth-order valence-corrected chi connectivity index (χ4v) is 2.50. The van der Waals surface area contributed by atoms with Crippen LogP contribution in [0.25, 0.3) is 0 Å². The average Bonchev–Trinajstić information content (AvgIpc) is 2.74. The maximum Gasteiger partial charge on any atom is 0.239 e. The molecule has 2 heterocycles. The van der Waals surface area contributed by atoms with Gasteiger partial charge in [-0.15, -0.1) is 0 Å². The van der Waals surface area contributed by atoms with Crippen LogP contribution in [0.3, 0.4) is 0 Å². The first kappa shape index (κ1) is 14.4. The predicted molar refractivity (Wildman–Crippen MR) is 78.8 cm³/mol. The molecule has 1 unspecified atom stereocenters. The topological polar surface area (TPSA) is 71.2 Å². The summed E-state index contributed by atoms with van der Waals surface area (Å²) < 4.78 is 0.892. The number of hydrogen-bond donors (Lipinski definition) is 2. The van der Waals surface area contributed by atoms with Gasteiger partial charge in [-0.05, 0) is 53.0 Å². The van der Waals surface area contributed by atoms with Gasteiger partial charge in [0.05, 0.1) is 6.54 Å². The highest BCUT2D eigenvalue weighted by Gasteiger charge is 2.33. The number of nitrogens with one attached hydrogen (secondary N) is 1. The van der Waals surface area contributed by atoms with Crippen molar-refractivity contribution >= 4 is 27.7 Å². The molecule has 0 aliphatic carbocycles. The molecule has 0 aromatic carbocycles. The van der Waals surface area contributed by atoms with Gasteiger partial charge in [0.25, 0.3) is 0 Å². The van der Waals surface area contributed by atoms with Crippen molar-refractivity contribution in [3.63, 3.8) is 0 Å². The normalized spacial score (nSPS) is 23.5. The molecule has 1 aliphatic rings. The number of aromatic nitrogens is 1. The van der Waals surface area contributed by atoms with Crippen molar-refractivity contribution < 1.29 is 4.79 Å². The SMILES string of the molecule is CC1(CN)CCN(CC(=O)Nc2ccc(Br)cn2)C1. The Morgan fingerprint density at radius 1 is 1.63 bits per heavy atom. The van der Waals surface area contributed by atoms with Gasteiger partial charge in [-0.1, -0.05) is 6.92 Å². The van der Waals surface area contributed by atoms with E-state index in [4.69, 9.17) is 5.73 Å². The van der Waals surface area contributed by atoms with Crippen molar-refractivity contribution in [1.82, 2.24) is 9.88 Å². The summed E-state index contributed by atoms with van der Waals surface area (Å²) in [5.74, 6) is 0.546. The summed E-state index contributed by atoms with van der Waals surface area (Å²) in [5, 5.41) is 2.80. The van der Waals surface area contributed by atoms with E-state index >= 15 is 0 Å². The maximum absolute atomic E-state index is 11.9. The third kappa shape index (κ3) is 3.99. The van der Waals surface area contributed by atoms with E-state index in [0.29, 0.717) is 18.9 Å². The predicted octanol–water partition coefficient (Wildman–Crippen LogP) is 1.45. The van der Waals surface area contributed by atoms with Gasteiger partial charge in [0.15, 0.2) is 0 Å². The molecule has 1 aromatic heterocycles. The Bertz CT molecular complexity index is 450. The molecule has 1 amide bonds. The van der Waals surface area contributed by atoms with Crippen LogP contribution in [0.1, 0.15) is 13.3 Å². The number of halogens is 1. The lowest BCUT2D eigenvalue weighted by molar-refractivity contribution is -0.117. The fraction of sp³-hybridized carbons (Fsp3) is 0.538. The lowest BCUT2D eigenvalue weighted by Gasteiger charge is -2.22. The van der Waals surface area contributed by atoms with E-state index in [1.807, 2.05) is 6.07 Å². The van der Waals surface area contributed by atoms with Crippen LogP contribution in [-0.4, -0.2) is 42.0 Å². The van der Waals surface area contributed by atoms with Gasteiger partial charge in [-0.2, -0.15) is 0 Å². The second-order valence-corrected chi connectivity index (χ2v) is 6.30.